The second-order valence-corrected chi connectivity index (χ2v) is 6.05. The molecule has 0 aromatic heterocycles. The van der Waals surface area contributed by atoms with Crippen LogP contribution in [0.5, 0.6) is 5.75 Å². The predicted octanol–water partition coefficient (Wildman–Crippen LogP) is 1.52. The van der Waals surface area contributed by atoms with Crippen LogP contribution in [0, 0.1) is 0 Å². The van der Waals surface area contributed by atoms with E-state index in [4.69, 9.17) is 4.74 Å². The average Bonchev–Trinajstić information content (AvgIpc) is 2.66. The van der Waals surface area contributed by atoms with Gasteiger partial charge in [0.1, 0.15) is 17.6 Å². The van der Waals surface area contributed by atoms with Crippen LogP contribution in [0.4, 0.5) is 0 Å². The van der Waals surface area contributed by atoms with Gasteiger partial charge in [0.05, 0.1) is 12.5 Å². The highest BCUT2D eigenvalue weighted by Gasteiger charge is 2.31. The molecule has 0 spiro atoms. The third kappa shape index (κ3) is 3.67. The fourth-order valence-electron chi connectivity index (χ4n) is 3.17. The average molecular weight is 356 g/mol. The zero-order chi connectivity index (χ0) is 18.5. The number of hydrogen-bond acceptors (Lipinski definition) is 6. The van der Waals surface area contributed by atoms with Gasteiger partial charge < -0.3 is 20.1 Å². The molecular formula is C19H20N2O5. The molecule has 7 heteroatoms. The van der Waals surface area contributed by atoms with Crippen LogP contribution in [0.25, 0.3) is 0 Å². The van der Waals surface area contributed by atoms with Crippen molar-refractivity contribution in [1.29, 1.82) is 0 Å². The van der Waals surface area contributed by atoms with Crippen molar-refractivity contribution in [3.05, 3.63) is 53.3 Å². The minimum atomic E-state index is -0.894. The molecule has 136 valence electrons. The van der Waals surface area contributed by atoms with E-state index in [-0.39, 0.29) is 24.8 Å². The van der Waals surface area contributed by atoms with E-state index in [1.54, 1.807) is 0 Å². The third-order valence-electron chi connectivity index (χ3n) is 4.46. The lowest BCUT2D eigenvalue weighted by Crippen LogP contribution is -2.42. The van der Waals surface area contributed by atoms with Gasteiger partial charge in [-0.25, -0.2) is 4.79 Å². The SMILES string of the molecule is CNC(CC(=O)NC1C2=C(C=CCC2)Oc2ccccc21)C(=O)OC=O. The fraction of sp³-hybridized carbons (Fsp3) is 0.316. The summed E-state index contributed by atoms with van der Waals surface area (Å²) in [7, 11) is 1.53. The van der Waals surface area contributed by atoms with Crippen LogP contribution < -0.4 is 15.4 Å². The van der Waals surface area contributed by atoms with Gasteiger partial charge in [-0.1, -0.05) is 24.3 Å². The summed E-state index contributed by atoms with van der Waals surface area (Å²) in [5.41, 5.74) is 1.89. The number of amides is 1. The minimum absolute atomic E-state index is 0.0603. The number of likely N-dealkylation sites (N-methyl/N-ethyl adjacent to an activating group) is 1. The van der Waals surface area contributed by atoms with Crippen LogP contribution in [0.1, 0.15) is 30.9 Å². The van der Waals surface area contributed by atoms with Crippen molar-refractivity contribution in [2.24, 2.45) is 0 Å². The highest BCUT2D eigenvalue weighted by Crippen LogP contribution is 2.41. The maximum atomic E-state index is 12.5. The molecule has 2 atom stereocenters. The Morgan fingerprint density at radius 3 is 2.96 bits per heavy atom. The van der Waals surface area contributed by atoms with Crippen LogP contribution in [0.15, 0.2) is 47.7 Å². The zero-order valence-electron chi connectivity index (χ0n) is 14.4. The predicted molar refractivity (Wildman–Crippen MR) is 93.0 cm³/mol. The summed E-state index contributed by atoms with van der Waals surface area (Å²) in [5, 5.41) is 5.68. The molecular weight excluding hydrogens is 336 g/mol. The highest BCUT2D eigenvalue weighted by molar-refractivity contribution is 5.88. The Bertz CT molecular complexity index is 784. The Balaban J connectivity index is 1.79. The molecule has 0 saturated carbocycles. The lowest BCUT2D eigenvalue weighted by Gasteiger charge is -2.32. The maximum Gasteiger partial charge on any atom is 0.331 e. The van der Waals surface area contributed by atoms with E-state index in [2.05, 4.69) is 15.4 Å². The number of allylic oxidation sites excluding steroid dienone is 2. The normalized spacial score (nSPS) is 18.9. The summed E-state index contributed by atoms with van der Waals surface area (Å²) in [5.74, 6) is 0.347. The van der Waals surface area contributed by atoms with E-state index < -0.39 is 12.0 Å². The van der Waals surface area contributed by atoms with Gasteiger partial charge in [-0.05, 0) is 37.6 Å². The molecule has 1 heterocycles. The fourth-order valence-corrected chi connectivity index (χ4v) is 3.17. The minimum Gasteiger partial charge on any atom is -0.457 e. The first-order valence-corrected chi connectivity index (χ1v) is 8.41. The molecule has 26 heavy (non-hydrogen) atoms. The van der Waals surface area contributed by atoms with E-state index in [0.29, 0.717) is 5.75 Å². The summed E-state index contributed by atoms with van der Waals surface area (Å²) in [6.07, 6.45) is 5.49. The first-order chi connectivity index (χ1) is 12.6. The summed E-state index contributed by atoms with van der Waals surface area (Å²) in [6.45, 7) is 0.0603. The Morgan fingerprint density at radius 2 is 2.19 bits per heavy atom. The van der Waals surface area contributed by atoms with Crippen molar-refractivity contribution in [2.75, 3.05) is 7.05 Å². The molecule has 1 aliphatic carbocycles. The van der Waals surface area contributed by atoms with E-state index in [1.165, 1.54) is 7.05 Å². The smallest absolute Gasteiger partial charge is 0.331 e. The van der Waals surface area contributed by atoms with Crippen LogP contribution in [-0.4, -0.2) is 31.4 Å². The van der Waals surface area contributed by atoms with E-state index in [0.717, 1.165) is 29.7 Å². The number of nitrogens with one attached hydrogen (secondary N) is 2. The molecule has 2 aliphatic rings. The Kier molecular flexibility index (Phi) is 5.48. The molecule has 1 aromatic rings. The molecule has 3 rings (SSSR count). The Hall–Kier alpha value is -2.93. The number of benzene rings is 1. The largest absolute Gasteiger partial charge is 0.457 e. The number of carbonyl (C=O) groups is 3. The number of fused-ring (bicyclic) bond motifs is 1. The van der Waals surface area contributed by atoms with Gasteiger partial charge in [-0.2, -0.15) is 0 Å². The van der Waals surface area contributed by atoms with Gasteiger partial charge >= 0.3 is 12.4 Å². The molecule has 2 N–H and O–H groups in total. The molecule has 0 fully saturated rings. The molecule has 0 radical (unpaired) electrons. The maximum absolute atomic E-state index is 12.5. The molecule has 1 aromatic carbocycles. The van der Waals surface area contributed by atoms with Crippen molar-refractivity contribution in [3.63, 3.8) is 0 Å². The van der Waals surface area contributed by atoms with Gasteiger partial charge in [0.2, 0.25) is 5.91 Å². The first-order valence-electron chi connectivity index (χ1n) is 8.41. The second-order valence-electron chi connectivity index (χ2n) is 6.05. The molecule has 2 unspecified atom stereocenters. The lowest BCUT2D eigenvalue weighted by atomic mass is 9.88. The Labute approximate surface area is 151 Å². The van der Waals surface area contributed by atoms with E-state index >= 15 is 0 Å². The molecule has 0 bridgehead atoms. The number of hydrogen-bond donors (Lipinski definition) is 2. The van der Waals surface area contributed by atoms with Gasteiger partial charge in [0.25, 0.3) is 0 Å². The quantitative estimate of drug-likeness (QED) is 0.456. The standard InChI is InChI=1S/C19H20N2O5/c1-20-14(19(24)25-11-22)10-17(23)21-18-12-6-2-4-8-15(12)26-16-9-5-3-7-13(16)18/h2,4-6,8-9,11,14,18,20H,3,7,10H2,1H3,(H,21,23). The van der Waals surface area contributed by atoms with Gasteiger partial charge in [-0.3, -0.25) is 9.59 Å². The summed E-state index contributed by atoms with van der Waals surface area (Å²) < 4.78 is 10.3. The number of esters is 1. The number of rotatable bonds is 6. The molecule has 1 aliphatic heterocycles. The summed E-state index contributed by atoms with van der Waals surface area (Å²) in [4.78, 5) is 34.6. The van der Waals surface area contributed by atoms with Gasteiger partial charge in [0.15, 0.2) is 0 Å². The second kappa shape index (κ2) is 7.97. The highest BCUT2D eigenvalue weighted by atomic mass is 16.6. The van der Waals surface area contributed by atoms with Gasteiger partial charge in [0, 0.05) is 5.56 Å². The van der Waals surface area contributed by atoms with Crippen LogP contribution in [0.3, 0.4) is 0 Å². The summed E-state index contributed by atoms with van der Waals surface area (Å²) >= 11 is 0. The number of ether oxygens (including phenoxy) is 2. The molecule has 7 nitrogen and oxygen atoms in total. The van der Waals surface area contributed by atoms with E-state index in [9.17, 15) is 14.4 Å². The lowest BCUT2D eigenvalue weighted by molar-refractivity contribution is -0.154. The van der Waals surface area contributed by atoms with Crippen molar-refractivity contribution >= 4 is 18.3 Å². The van der Waals surface area contributed by atoms with E-state index in [1.807, 2.05) is 36.4 Å². The topological polar surface area (TPSA) is 93.7 Å². The summed E-state index contributed by atoms with van der Waals surface area (Å²) in [6, 6.07) is 6.34. The zero-order valence-corrected chi connectivity index (χ0v) is 14.4. The Morgan fingerprint density at radius 1 is 1.38 bits per heavy atom. The van der Waals surface area contributed by atoms with Crippen LogP contribution in [-0.2, 0) is 19.1 Å². The molecule has 1 amide bonds. The van der Waals surface area contributed by atoms with Crippen molar-refractivity contribution in [3.8, 4) is 5.75 Å². The number of para-hydroxylation sites is 1. The number of carbonyl (C=O) groups excluding carboxylic acids is 3. The van der Waals surface area contributed by atoms with Crippen LogP contribution in [0.2, 0.25) is 0 Å². The van der Waals surface area contributed by atoms with Crippen molar-refractivity contribution in [2.45, 2.75) is 31.3 Å². The van der Waals surface area contributed by atoms with Crippen LogP contribution >= 0.6 is 0 Å². The third-order valence-corrected chi connectivity index (χ3v) is 4.46. The van der Waals surface area contributed by atoms with Crippen molar-refractivity contribution in [1.82, 2.24) is 10.6 Å². The van der Waals surface area contributed by atoms with Gasteiger partial charge in [-0.15, -0.1) is 0 Å². The van der Waals surface area contributed by atoms with Crippen molar-refractivity contribution < 1.29 is 23.9 Å². The first kappa shape index (κ1) is 17.9. The molecule has 0 saturated heterocycles. The monoisotopic (exact) mass is 356 g/mol.